The maximum atomic E-state index is 10.5. The normalized spacial score (nSPS) is 18.4. The molecule has 0 amide bonds. The monoisotopic (exact) mass is 416 g/mol. The summed E-state index contributed by atoms with van der Waals surface area (Å²) in [5.74, 6) is 0.244. The third-order valence-electron chi connectivity index (χ3n) is 4.89. The van der Waals surface area contributed by atoms with E-state index in [1.165, 1.54) is 0 Å². The fraction of sp³-hybridized carbons (Fsp3) is 0.522. The average Bonchev–Trinajstić information content (AvgIpc) is 2.74. The van der Waals surface area contributed by atoms with Gasteiger partial charge in [-0.3, -0.25) is 9.88 Å². The summed E-state index contributed by atoms with van der Waals surface area (Å²) in [5, 5.41) is 10.5. The van der Waals surface area contributed by atoms with Gasteiger partial charge in [-0.15, -0.1) is 0 Å². The van der Waals surface area contributed by atoms with E-state index in [2.05, 4.69) is 9.88 Å². The Hall–Kier alpha value is -2.03. The summed E-state index contributed by atoms with van der Waals surface area (Å²) in [5.41, 5.74) is 3.64. The van der Waals surface area contributed by atoms with Gasteiger partial charge in [0.25, 0.3) is 0 Å². The number of aromatic nitrogens is 1. The van der Waals surface area contributed by atoms with E-state index < -0.39 is 0 Å². The molecule has 164 valence electrons. The van der Waals surface area contributed by atoms with E-state index in [1.807, 2.05) is 43.5 Å². The molecular formula is C23H32N2O5. The zero-order valence-electron chi connectivity index (χ0n) is 17.7. The summed E-state index contributed by atoms with van der Waals surface area (Å²) in [4.78, 5) is 6.69. The second-order valence-corrected chi connectivity index (χ2v) is 7.36. The van der Waals surface area contributed by atoms with Crippen molar-refractivity contribution in [3.05, 3.63) is 58.9 Å². The molecule has 1 aromatic carbocycles. The predicted molar refractivity (Wildman–Crippen MR) is 113 cm³/mol. The van der Waals surface area contributed by atoms with E-state index in [-0.39, 0.29) is 5.75 Å². The molecule has 1 aliphatic heterocycles. The van der Waals surface area contributed by atoms with E-state index in [4.69, 9.17) is 18.9 Å². The van der Waals surface area contributed by atoms with Gasteiger partial charge >= 0.3 is 0 Å². The minimum Gasteiger partial charge on any atom is -0.507 e. The van der Waals surface area contributed by atoms with Crippen molar-refractivity contribution in [1.29, 1.82) is 0 Å². The lowest BCUT2D eigenvalue weighted by atomic mass is 10.1. The van der Waals surface area contributed by atoms with Crippen LogP contribution in [-0.4, -0.2) is 67.7 Å². The molecule has 2 aromatic rings. The number of nitrogens with zero attached hydrogens (tertiary/aromatic N) is 2. The number of ether oxygens (including phenoxy) is 4. The Balaban J connectivity index is 1.55. The highest BCUT2D eigenvalue weighted by molar-refractivity contribution is 5.42. The molecule has 7 heteroatoms. The summed E-state index contributed by atoms with van der Waals surface area (Å²) < 4.78 is 22.9. The van der Waals surface area contributed by atoms with Gasteiger partial charge in [-0.25, -0.2) is 0 Å². The molecule has 0 saturated heterocycles. The summed E-state index contributed by atoms with van der Waals surface area (Å²) in [6, 6.07) is 9.83. The molecule has 3 rings (SSSR count). The van der Waals surface area contributed by atoms with Crippen molar-refractivity contribution in [2.45, 2.75) is 26.7 Å². The Morgan fingerprint density at radius 2 is 1.47 bits per heavy atom. The Kier molecular flexibility index (Phi) is 9.53. The lowest BCUT2D eigenvalue weighted by Gasteiger charge is -2.22. The van der Waals surface area contributed by atoms with Crippen molar-refractivity contribution >= 4 is 0 Å². The quantitative estimate of drug-likeness (QED) is 0.807. The van der Waals surface area contributed by atoms with E-state index >= 15 is 0 Å². The number of pyridine rings is 1. The maximum Gasteiger partial charge on any atom is 0.126 e. The molecule has 7 nitrogen and oxygen atoms in total. The molecule has 0 fully saturated rings. The summed E-state index contributed by atoms with van der Waals surface area (Å²) in [7, 11) is 0. The first-order chi connectivity index (χ1) is 14.7. The van der Waals surface area contributed by atoms with Gasteiger partial charge in [-0.1, -0.05) is 23.8 Å². The van der Waals surface area contributed by atoms with Gasteiger partial charge in [-0.05, 0) is 19.1 Å². The topological polar surface area (TPSA) is 73.3 Å². The molecule has 1 aliphatic rings. The molecule has 2 heterocycles. The molecule has 0 radical (unpaired) electrons. The average molecular weight is 417 g/mol. The highest BCUT2D eigenvalue weighted by Crippen LogP contribution is 2.26. The molecule has 0 aliphatic carbocycles. The standard InChI is InChI=1S/C23H32N2O5/c1-19-14-20-17-29-12-10-27-8-6-25(16-22-4-2-3-5-24-22)7-9-28-11-13-30-18-21(15-19)23(20)26/h2-5,14-15,26H,6-13,16-18H2,1H3. The number of aromatic hydroxyl groups is 1. The smallest absolute Gasteiger partial charge is 0.126 e. The Labute approximate surface area is 178 Å². The van der Waals surface area contributed by atoms with E-state index in [1.54, 1.807) is 0 Å². The van der Waals surface area contributed by atoms with Crippen LogP contribution in [-0.2, 0) is 38.7 Å². The van der Waals surface area contributed by atoms with Crippen LogP contribution in [0.2, 0.25) is 0 Å². The van der Waals surface area contributed by atoms with Gasteiger partial charge in [-0.2, -0.15) is 0 Å². The third-order valence-corrected chi connectivity index (χ3v) is 4.89. The van der Waals surface area contributed by atoms with Gasteiger partial charge in [0.1, 0.15) is 5.75 Å². The number of aryl methyl sites for hydroxylation is 1. The van der Waals surface area contributed by atoms with Crippen LogP contribution in [0.4, 0.5) is 0 Å². The summed E-state index contributed by atoms with van der Waals surface area (Å²) >= 11 is 0. The van der Waals surface area contributed by atoms with Gasteiger partial charge in [0.2, 0.25) is 0 Å². The van der Waals surface area contributed by atoms with Crippen LogP contribution >= 0.6 is 0 Å². The number of benzene rings is 1. The number of hydrogen-bond donors (Lipinski definition) is 1. The van der Waals surface area contributed by atoms with Gasteiger partial charge in [0.15, 0.2) is 0 Å². The van der Waals surface area contributed by atoms with Gasteiger partial charge in [0.05, 0.1) is 58.5 Å². The van der Waals surface area contributed by atoms with Crippen LogP contribution in [0.5, 0.6) is 5.75 Å². The van der Waals surface area contributed by atoms with Crippen molar-refractivity contribution in [2.24, 2.45) is 0 Å². The van der Waals surface area contributed by atoms with E-state index in [9.17, 15) is 5.11 Å². The number of phenols is 1. The predicted octanol–water partition coefficient (Wildman–Crippen LogP) is 2.68. The SMILES string of the molecule is Cc1cc2c(O)c(c1)COCCOCCN(Cc1ccccn1)CCOCCOC2. The Morgan fingerprint density at radius 1 is 0.867 bits per heavy atom. The maximum absolute atomic E-state index is 10.5. The molecule has 0 saturated carbocycles. The van der Waals surface area contributed by atoms with E-state index in [0.717, 1.165) is 42.0 Å². The molecule has 0 unspecified atom stereocenters. The second kappa shape index (κ2) is 12.6. The van der Waals surface area contributed by atoms with Crippen LogP contribution < -0.4 is 0 Å². The molecular weight excluding hydrogens is 384 g/mol. The molecule has 0 atom stereocenters. The van der Waals surface area contributed by atoms with E-state index in [0.29, 0.717) is 52.9 Å². The molecule has 2 bridgehead atoms. The minimum absolute atomic E-state index is 0.244. The first kappa shape index (κ1) is 22.7. The van der Waals surface area contributed by atoms with Crippen LogP contribution in [0.25, 0.3) is 0 Å². The van der Waals surface area contributed by atoms with Crippen LogP contribution in [0, 0.1) is 6.92 Å². The zero-order chi connectivity index (χ0) is 21.0. The molecule has 1 aromatic heterocycles. The van der Waals surface area contributed by atoms with Crippen molar-refractivity contribution in [1.82, 2.24) is 9.88 Å². The number of phenolic OH excluding ortho intramolecular Hbond substituents is 1. The largest absolute Gasteiger partial charge is 0.507 e. The fourth-order valence-corrected chi connectivity index (χ4v) is 3.34. The van der Waals surface area contributed by atoms with Crippen LogP contribution in [0.15, 0.2) is 36.5 Å². The van der Waals surface area contributed by atoms with Crippen molar-refractivity contribution in [3.8, 4) is 5.75 Å². The Bertz CT molecular complexity index is 718. The van der Waals surface area contributed by atoms with Crippen molar-refractivity contribution in [3.63, 3.8) is 0 Å². The molecule has 1 N–H and O–H groups in total. The lowest BCUT2D eigenvalue weighted by molar-refractivity contribution is 0.0154. The zero-order valence-corrected chi connectivity index (χ0v) is 17.7. The first-order valence-corrected chi connectivity index (χ1v) is 10.5. The number of hydrogen-bond acceptors (Lipinski definition) is 7. The molecule has 0 spiro atoms. The summed E-state index contributed by atoms with van der Waals surface area (Å²) in [6.07, 6.45) is 1.81. The fourth-order valence-electron chi connectivity index (χ4n) is 3.34. The molecule has 30 heavy (non-hydrogen) atoms. The Morgan fingerprint density at radius 3 is 2.03 bits per heavy atom. The highest BCUT2D eigenvalue weighted by atomic mass is 16.5. The first-order valence-electron chi connectivity index (χ1n) is 10.5. The number of rotatable bonds is 2. The summed E-state index contributed by atoms with van der Waals surface area (Å²) in [6.45, 7) is 8.22. The van der Waals surface area contributed by atoms with Crippen molar-refractivity contribution in [2.75, 3.05) is 52.7 Å². The minimum atomic E-state index is 0.244. The van der Waals surface area contributed by atoms with Crippen molar-refractivity contribution < 1.29 is 24.1 Å². The third kappa shape index (κ3) is 7.66. The lowest BCUT2D eigenvalue weighted by Crippen LogP contribution is -2.31. The van der Waals surface area contributed by atoms with Gasteiger partial charge in [0, 0.05) is 37.0 Å². The number of fused-ring (bicyclic) bond motifs is 2. The van der Waals surface area contributed by atoms with Crippen LogP contribution in [0.1, 0.15) is 22.4 Å². The van der Waals surface area contributed by atoms with Gasteiger partial charge < -0.3 is 24.1 Å². The second-order valence-electron chi connectivity index (χ2n) is 7.36. The highest BCUT2D eigenvalue weighted by Gasteiger charge is 2.11. The van der Waals surface area contributed by atoms with Crippen LogP contribution in [0.3, 0.4) is 0 Å².